The summed E-state index contributed by atoms with van der Waals surface area (Å²) in [5, 5.41) is 5.72. The van der Waals surface area contributed by atoms with Crippen molar-refractivity contribution >= 4 is 17.5 Å². The molecule has 6 nitrogen and oxygen atoms in total. The van der Waals surface area contributed by atoms with Gasteiger partial charge in [-0.2, -0.15) is 0 Å². The largest absolute Gasteiger partial charge is 0.493 e. The number of aryl methyl sites for hydroxylation is 1. The van der Waals surface area contributed by atoms with E-state index in [0.29, 0.717) is 22.7 Å². The molecule has 2 aromatic rings. The third kappa shape index (κ3) is 5.49. The SMILES string of the molecule is COc1cc(C(C)NC(=O)c2ccc(C)c(NC(C)=O)c2)ccc1OC(C)C. The first-order valence-electron chi connectivity index (χ1n) is 9.25. The van der Waals surface area contributed by atoms with Crippen LogP contribution >= 0.6 is 0 Å². The number of anilines is 1. The van der Waals surface area contributed by atoms with Crippen LogP contribution in [0.25, 0.3) is 0 Å². The van der Waals surface area contributed by atoms with Crippen molar-refractivity contribution in [2.45, 2.75) is 46.8 Å². The smallest absolute Gasteiger partial charge is 0.251 e. The predicted octanol–water partition coefficient (Wildman–Crippen LogP) is 4.24. The van der Waals surface area contributed by atoms with Gasteiger partial charge < -0.3 is 20.1 Å². The normalized spacial score (nSPS) is 11.7. The van der Waals surface area contributed by atoms with Crippen molar-refractivity contribution in [2.24, 2.45) is 0 Å². The minimum absolute atomic E-state index is 0.0382. The van der Waals surface area contributed by atoms with Crippen LogP contribution in [0.15, 0.2) is 36.4 Å². The lowest BCUT2D eigenvalue weighted by molar-refractivity contribution is -0.114. The van der Waals surface area contributed by atoms with Crippen molar-refractivity contribution < 1.29 is 19.1 Å². The Bertz CT molecular complexity index is 862. The minimum atomic E-state index is -0.236. The van der Waals surface area contributed by atoms with Gasteiger partial charge in [0.15, 0.2) is 11.5 Å². The molecule has 0 fully saturated rings. The first-order valence-corrected chi connectivity index (χ1v) is 9.25. The molecule has 2 aromatic carbocycles. The molecule has 0 aliphatic rings. The van der Waals surface area contributed by atoms with Gasteiger partial charge >= 0.3 is 0 Å². The fourth-order valence-electron chi connectivity index (χ4n) is 2.76. The zero-order valence-electron chi connectivity index (χ0n) is 17.3. The van der Waals surface area contributed by atoms with Gasteiger partial charge in [-0.15, -0.1) is 0 Å². The highest BCUT2D eigenvalue weighted by atomic mass is 16.5. The van der Waals surface area contributed by atoms with Gasteiger partial charge in [-0.1, -0.05) is 12.1 Å². The highest BCUT2D eigenvalue weighted by Gasteiger charge is 2.15. The van der Waals surface area contributed by atoms with Crippen LogP contribution in [0.3, 0.4) is 0 Å². The summed E-state index contributed by atoms with van der Waals surface area (Å²) in [5.74, 6) is 0.888. The zero-order chi connectivity index (χ0) is 20.8. The fraction of sp³-hybridized carbons (Fsp3) is 0.364. The quantitative estimate of drug-likeness (QED) is 0.749. The van der Waals surface area contributed by atoms with Gasteiger partial charge in [0.2, 0.25) is 5.91 Å². The van der Waals surface area contributed by atoms with Crippen molar-refractivity contribution in [3.8, 4) is 11.5 Å². The summed E-state index contributed by atoms with van der Waals surface area (Å²) in [6.45, 7) is 9.12. The molecule has 6 heteroatoms. The minimum Gasteiger partial charge on any atom is -0.493 e. The summed E-state index contributed by atoms with van der Waals surface area (Å²) in [5.41, 5.74) is 2.90. The van der Waals surface area contributed by atoms with E-state index in [9.17, 15) is 9.59 Å². The molecule has 1 atom stereocenters. The highest BCUT2D eigenvalue weighted by Crippen LogP contribution is 2.31. The lowest BCUT2D eigenvalue weighted by Crippen LogP contribution is -2.27. The van der Waals surface area contributed by atoms with Crippen LogP contribution in [0.1, 0.15) is 55.2 Å². The maximum Gasteiger partial charge on any atom is 0.251 e. The molecule has 1 unspecified atom stereocenters. The number of benzene rings is 2. The third-order valence-corrected chi connectivity index (χ3v) is 4.21. The number of amides is 2. The molecule has 0 aliphatic heterocycles. The Kier molecular flexibility index (Phi) is 7.04. The van der Waals surface area contributed by atoms with Gasteiger partial charge in [-0.25, -0.2) is 0 Å². The van der Waals surface area contributed by atoms with Crippen molar-refractivity contribution in [3.05, 3.63) is 53.1 Å². The van der Waals surface area contributed by atoms with Crippen LogP contribution in [0.5, 0.6) is 11.5 Å². The summed E-state index contributed by atoms with van der Waals surface area (Å²) in [4.78, 5) is 24.0. The zero-order valence-corrected chi connectivity index (χ0v) is 17.3. The van der Waals surface area contributed by atoms with E-state index in [2.05, 4.69) is 10.6 Å². The summed E-state index contributed by atoms with van der Waals surface area (Å²) in [6.07, 6.45) is 0.0382. The second-order valence-electron chi connectivity index (χ2n) is 6.98. The number of hydrogen-bond acceptors (Lipinski definition) is 4. The Labute approximate surface area is 166 Å². The lowest BCUT2D eigenvalue weighted by Gasteiger charge is -2.18. The Morgan fingerprint density at radius 1 is 1.00 bits per heavy atom. The van der Waals surface area contributed by atoms with Gasteiger partial charge in [0.1, 0.15) is 0 Å². The van der Waals surface area contributed by atoms with E-state index in [0.717, 1.165) is 11.1 Å². The van der Waals surface area contributed by atoms with Crippen LogP contribution < -0.4 is 20.1 Å². The van der Waals surface area contributed by atoms with E-state index in [1.807, 2.05) is 52.0 Å². The average molecular weight is 384 g/mol. The van der Waals surface area contributed by atoms with Crippen molar-refractivity contribution in [1.82, 2.24) is 5.32 Å². The molecule has 2 amide bonds. The lowest BCUT2D eigenvalue weighted by atomic mass is 10.1. The molecule has 28 heavy (non-hydrogen) atoms. The molecule has 0 spiro atoms. The van der Waals surface area contributed by atoms with Crippen molar-refractivity contribution in [2.75, 3.05) is 12.4 Å². The fourth-order valence-corrected chi connectivity index (χ4v) is 2.76. The number of hydrogen-bond donors (Lipinski definition) is 2. The topological polar surface area (TPSA) is 76.7 Å². The van der Waals surface area contributed by atoms with Gasteiger partial charge in [0.25, 0.3) is 5.91 Å². The second kappa shape index (κ2) is 9.26. The number of methoxy groups -OCH3 is 1. The molecular weight excluding hydrogens is 356 g/mol. The molecule has 0 aromatic heterocycles. The molecule has 0 heterocycles. The molecule has 150 valence electrons. The molecule has 0 bridgehead atoms. The first kappa shape index (κ1) is 21.3. The van der Waals surface area contributed by atoms with E-state index >= 15 is 0 Å². The molecule has 0 saturated carbocycles. The highest BCUT2D eigenvalue weighted by molar-refractivity contribution is 5.97. The molecule has 0 saturated heterocycles. The van der Waals surface area contributed by atoms with Crippen molar-refractivity contribution in [3.63, 3.8) is 0 Å². The maximum absolute atomic E-state index is 12.7. The van der Waals surface area contributed by atoms with Crippen LogP contribution in [0.2, 0.25) is 0 Å². The summed E-state index contributed by atoms with van der Waals surface area (Å²) < 4.78 is 11.1. The van der Waals surface area contributed by atoms with Gasteiger partial charge in [0.05, 0.1) is 19.3 Å². The number of carbonyl (C=O) groups excluding carboxylic acids is 2. The third-order valence-electron chi connectivity index (χ3n) is 4.21. The average Bonchev–Trinajstić information content (AvgIpc) is 2.62. The standard InChI is InChI=1S/C22H28N2O4/c1-13(2)28-20-10-9-17(12-21(20)27-6)15(4)23-22(26)18-8-7-14(3)19(11-18)24-16(5)25/h7-13,15H,1-6H3,(H,23,26)(H,24,25). The van der Waals surface area contributed by atoms with E-state index in [-0.39, 0.29) is 24.0 Å². The Morgan fingerprint density at radius 2 is 1.71 bits per heavy atom. The van der Waals surface area contributed by atoms with Gasteiger partial charge in [-0.3, -0.25) is 9.59 Å². The van der Waals surface area contributed by atoms with Crippen molar-refractivity contribution in [1.29, 1.82) is 0 Å². The summed E-state index contributed by atoms with van der Waals surface area (Å²) in [7, 11) is 1.59. The molecule has 0 aliphatic carbocycles. The van der Waals surface area contributed by atoms with Crippen LogP contribution in [0, 0.1) is 6.92 Å². The van der Waals surface area contributed by atoms with Crippen LogP contribution in [-0.2, 0) is 4.79 Å². The molecule has 2 N–H and O–H groups in total. The number of rotatable bonds is 7. The molecular formula is C22H28N2O4. The number of ether oxygens (including phenoxy) is 2. The summed E-state index contributed by atoms with van der Waals surface area (Å²) >= 11 is 0. The van der Waals surface area contributed by atoms with E-state index in [1.54, 1.807) is 19.2 Å². The van der Waals surface area contributed by atoms with E-state index in [4.69, 9.17) is 9.47 Å². The van der Waals surface area contributed by atoms with Crippen LogP contribution in [-0.4, -0.2) is 25.0 Å². The molecule has 0 radical (unpaired) electrons. The van der Waals surface area contributed by atoms with Gasteiger partial charge in [-0.05, 0) is 63.1 Å². The maximum atomic E-state index is 12.7. The molecule has 2 rings (SSSR count). The Balaban J connectivity index is 2.17. The van der Waals surface area contributed by atoms with Crippen LogP contribution in [0.4, 0.5) is 5.69 Å². The monoisotopic (exact) mass is 384 g/mol. The van der Waals surface area contributed by atoms with E-state index in [1.165, 1.54) is 6.92 Å². The number of carbonyl (C=O) groups is 2. The second-order valence-corrected chi connectivity index (χ2v) is 6.98. The first-order chi connectivity index (χ1) is 13.2. The Morgan fingerprint density at radius 3 is 2.32 bits per heavy atom. The van der Waals surface area contributed by atoms with Gasteiger partial charge in [0, 0.05) is 18.2 Å². The predicted molar refractivity (Wildman–Crippen MR) is 110 cm³/mol. The summed E-state index contributed by atoms with van der Waals surface area (Å²) in [6, 6.07) is 10.6. The number of nitrogens with one attached hydrogen (secondary N) is 2. The Hall–Kier alpha value is -3.02. The van der Waals surface area contributed by atoms with E-state index < -0.39 is 0 Å².